The second-order valence-electron chi connectivity index (χ2n) is 5.36. The normalized spacial score (nSPS) is 14.4. The molecule has 29 heavy (non-hydrogen) atoms. The van der Waals surface area contributed by atoms with E-state index in [9.17, 15) is 0 Å². The first-order valence-corrected chi connectivity index (χ1v) is 10.1. The number of fused-ring (bicyclic) bond motifs is 1. The fourth-order valence-electron chi connectivity index (χ4n) is 2.06. The minimum atomic E-state index is 0.272. The van der Waals surface area contributed by atoms with Gasteiger partial charge in [0.05, 0.1) is 36.5 Å². The number of methoxy groups -OCH3 is 2. The van der Waals surface area contributed by atoms with Crippen LogP contribution in [0.4, 0.5) is 5.69 Å². The number of hydrogen-bond donors (Lipinski definition) is 3. The topological polar surface area (TPSA) is 72.5 Å². The molecule has 1 aliphatic heterocycles. The Morgan fingerprint density at radius 1 is 1.28 bits per heavy atom. The van der Waals surface area contributed by atoms with E-state index in [0.29, 0.717) is 0 Å². The van der Waals surface area contributed by atoms with Crippen molar-refractivity contribution >= 4 is 36.4 Å². The molecule has 0 saturated heterocycles. The van der Waals surface area contributed by atoms with Crippen molar-refractivity contribution in [1.82, 2.24) is 10.3 Å². The van der Waals surface area contributed by atoms with Gasteiger partial charge in [0.15, 0.2) is 0 Å². The monoisotopic (exact) mass is 433 g/mol. The summed E-state index contributed by atoms with van der Waals surface area (Å²) in [6, 6.07) is 9.50. The van der Waals surface area contributed by atoms with Gasteiger partial charge in [-0.15, -0.1) is 12.6 Å². The number of aromatic nitrogens is 1. The molecule has 0 radical (unpaired) electrons. The lowest BCUT2D eigenvalue weighted by molar-refractivity contribution is -0.106. The Balaban J connectivity index is 0.000000277. The third kappa shape index (κ3) is 9.45. The molecule has 2 heterocycles. The van der Waals surface area contributed by atoms with Gasteiger partial charge in [0.1, 0.15) is 17.8 Å². The third-order valence-electron chi connectivity index (χ3n) is 3.41. The van der Waals surface area contributed by atoms with Crippen molar-refractivity contribution in [2.45, 2.75) is 17.2 Å². The van der Waals surface area contributed by atoms with Gasteiger partial charge in [0.25, 0.3) is 0 Å². The minimum Gasteiger partial charge on any atom is -0.497 e. The van der Waals surface area contributed by atoms with Crippen molar-refractivity contribution < 1.29 is 14.3 Å². The molecule has 1 aliphatic rings. The molecular weight excluding hydrogens is 406 g/mol. The molecule has 0 saturated carbocycles. The number of aldehydes is 1. The highest BCUT2D eigenvalue weighted by atomic mass is 32.2. The number of ether oxygens (including phenoxy) is 2. The van der Waals surface area contributed by atoms with Gasteiger partial charge in [-0.3, -0.25) is 4.98 Å². The summed E-state index contributed by atoms with van der Waals surface area (Å²) >= 11 is 6.00. The Morgan fingerprint density at radius 3 is 2.48 bits per heavy atom. The number of thioether (sulfide) groups is 1. The molecule has 1 aromatic carbocycles. The summed E-state index contributed by atoms with van der Waals surface area (Å²) in [6.07, 6.45) is 10.4. The van der Waals surface area contributed by atoms with Gasteiger partial charge in [0, 0.05) is 24.2 Å². The zero-order chi connectivity index (χ0) is 21.5. The van der Waals surface area contributed by atoms with Gasteiger partial charge in [0.2, 0.25) is 0 Å². The van der Waals surface area contributed by atoms with Crippen LogP contribution in [0.15, 0.2) is 70.9 Å². The molecule has 6 nitrogen and oxygen atoms in total. The van der Waals surface area contributed by atoms with E-state index < -0.39 is 0 Å². The lowest BCUT2D eigenvalue weighted by Crippen LogP contribution is -2.05. The average Bonchev–Trinajstić information content (AvgIpc) is 3.17. The van der Waals surface area contributed by atoms with Crippen LogP contribution in [0, 0.1) is 0 Å². The van der Waals surface area contributed by atoms with E-state index in [4.69, 9.17) is 14.3 Å². The highest BCUT2D eigenvalue weighted by Crippen LogP contribution is 2.37. The first kappa shape index (κ1) is 24.5. The number of nitrogens with one attached hydrogen (secondary N) is 2. The Hall–Kier alpha value is -2.58. The first-order chi connectivity index (χ1) is 14.1. The molecule has 1 aromatic heterocycles. The standard InChI is InChI=1S/C11H13N3S2.C8H10O2.C2H4O/c1-12-10(15)3-2-4-11-14-8-7-13-6-5-9(8)16-11;1-9-7-4-3-5-8(6-7)10-2;1-2-3/h2-7,11-12,14-15H,1H3;3-6H,1-2H3;2H,1H3/b4-2+,10-3-;;. The van der Waals surface area contributed by atoms with E-state index in [-0.39, 0.29) is 5.37 Å². The fourth-order valence-corrected chi connectivity index (χ4v) is 3.15. The molecule has 2 aromatic rings. The summed E-state index contributed by atoms with van der Waals surface area (Å²) in [7, 11) is 5.11. The number of pyridine rings is 1. The molecule has 1 atom stereocenters. The van der Waals surface area contributed by atoms with Crippen molar-refractivity contribution in [3.8, 4) is 11.5 Å². The van der Waals surface area contributed by atoms with E-state index in [1.54, 1.807) is 26.0 Å². The van der Waals surface area contributed by atoms with Crippen LogP contribution in [0.3, 0.4) is 0 Å². The second-order valence-corrected chi connectivity index (χ2v) is 7.03. The number of carbonyl (C=O) groups is 1. The third-order valence-corrected chi connectivity index (χ3v) is 4.92. The van der Waals surface area contributed by atoms with Gasteiger partial charge in [-0.2, -0.15) is 0 Å². The Bertz CT molecular complexity index is 769. The number of allylic oxidation sites excluding steroid dienone is 2. The van der Waals surface area contributed by atoms with Gasteiger partial charge in [-0.05, 0) is 31.2 Å². The lowest BCUT2D eigenvalue weighted by Gasteiger charge is -2.02. The number of rotatable bonds is 5. The number of nitrogens with zero attached hydrogens (tertiary/aromatic N) is 1. The smallest absolute Gasteiger partial charge is 0.122 e. The molecule has 0 aliphatic carbocycles. The van der Waals surface area contributed by atoms with Gasteiger partial charge in [-0.25, -0.2) is 0 Å². The Morgan fingerprint density at radius 2 is 1.93 bits per heavy atom. The molecule has 0 spiro atoms. The maximum Gasteiger partial charge on any atom is 0.122 e. The summed E-state index contributed by atoms with van der Waals surface area (Å²) in [6.45, 7) is 1.44. The molecular formula is C21H27N3O3S2. The van der Waals surface area contributed by atoms with Crippen molar-refractivity contribution in [2.75, 3.05) is 26.6 Å². The summed E-state index contributed by atoms with van der Waals surface area (Å²) in [5, 5.41) is 7.43. The van der Waals surface area contributed by atoms with Crippen LogP contribution in [0.25, 0.3) is 0 Å². The summed E-state index contributed by atoms with van der Waals surface area (Å²) in [4.78, 5) is 14.1. The highest BCUT2D eigenvalue weighted by Gasteiger charge is 2.17. The summed E-state index contributed by atoms with van der Waals surface area (Å²) < 4.78 is 9.95. The quantitative estimate of drug-likeness (QED) is 0.367. The largest absolute Gasteiger partial charge is 0.497 e. The van der Waals surface area contributed by atoms with E-state index >= 15 is 0 Å². The molecule has 0 bridgehead atoms. The molecule has 2 N–H and O–H groups in total. The van der Waals surface area contributed by atoms with Crippen molar-refractivity contribution in [3.63, 3.8) is 0 Å². The van der Waals surface area contributed by atoms with Crippen LogP contribution in [-0.4, -0.2) is 37.9 Å². The maximum atomic E-state index is 8.81. The van der Waals surface area contributed by atoms with Crippen LogP contribution in [0.5, 0.6) is 11.5 Å². The van der Waals surface area contributed by atoms with Gasteiger partial charge < -0.3 is 24.9 Å². The zero-order valence-corrected chi connectivity index (χ0v) is 18.7. The highest BCUT2D eigenvalue weighted by molar-refractivity contribution is 8.00. The van der Waals surface area contributed by atoms with Gasteiger partial charge in [-0.1, -0.05) is 30.0 Å². The number of benzene rings is 1. The molecule has 0 fully saturated rings. The van der Waals surface area contributed by atoms with Crippen molar-refractivity contribution in [2.24, 2.45) is 0 Å². The Kier molecular flexibility index (Phi) is 12.2. The van der Waals surface area contributed by atoms with Gasteiger partial charge >= 0.3 is 0 Å². The fraction of sp³-hybridized carbons (Fsp3) is 0.238. The number of hydrogen-bond acceptors (Lipinski definition) is 8. The van der Waals surface area contributed by atoms with E-state index in [1.807, 2.05) is 61.9 Å². The first-order valence-electron chi connectivity index (χ1n) is 8.78. The molecule has 156 valence electrons. The molecule has 1 unspecified atom stereocenters. The average molecular weight is 434 g/mol. The van der Waals surface area contributed by atoms with Crippen LogP contribution in [0.2, 0.25) is 0 Å². The summed E-state index contributed by atoms with van der Waals surface area (Å²) in [5.74, 6) is 1.64. The zero-order valence-electron chi connectivity index (χ0n) is 17.0. The molecule has 8 heteroatoms. The minimum absolute atomic E-state index is 0.272. The predicted octanol–water partition coefficient (Wildman–Crippen LogP) is 4.38. The lowest BCUT2D eigenvalue weighted by atomic mass is 10.3. The Labute approximate surface area is 182 Å². The van der Waals surface area contributed by atoms with E-state index in [2.05, 4.69) is 34.3 Å². The van der Waals surface area contributed by atoms with Crippen LogP contribution >= 0.6 is 24.4 Å². The van der Waals surface area contributed by atoms with Crippen LogP contribution < -0.4 is 20.1 Å². The van der Waals surface area contributed by atoms with Crippen LogP contribution in [-0.2, 0) is 4.79 Å². The SMILES string of the molecule is CC=O.CN/C(S)=C/C=C/C1Nc2cnccc2S1.COc1cccc(OC)c1. The number of anilines is 1. The number of thiol groups is 1. The maximum absolute atomic E-state index is 8.81. The summed E-state index contributed by atoms with van der Waals surface area (Å²) in [5.41, 5.74) is 1.10. The van der Waals surface area contributed by atoms with E-state index in [1.165, 1.54) is 11.8 Å². The predicted molar refractivity (Wildman–Crippen MR) is 124 cm³/mol. The van der Waals surface area contributed by atoms with Crippen molar-refractivity contribution in [1.29, 1.82) is 0 Å². The van der Waals surface area contributed by atoms with E-state index in [0.717, 1.165) is 28.5 Å². The molecule has 3 rings (SSSR count). The van der Waals surface area contributed by atoms with Crippen molar-refractivity contribution in [3.05, 3.63) is 66.0 Å². The number of carbonyl (C=O) groups excluding carboxylic acids is 1. The second kappa shape index (κ2) is 14.4. The van der Waals surface area contributed by atoms with Crippen LogP contribution in [0.1, 0.15) is 6.92 Å². The molecule has 0 amide bonds.